The molecule has 12 heteroatoms. The molecule has 1 aliphatic heterocycles. The molecule has 1 saturated heterocycles. The third-order valence-electron chi connectivity index (χ3n) is 5.28. The summed E-state index contributed by atoms with van der Waals surface area (Å²) < 4.78 is 36.8. The highest BCUT2D eigenvalue weighted by Crippen LogP contribution is 2.24. The van der Waals surface area contributed by atoms with E-state index in [9.17, 15) is 22.8 Å². The van der Waals surface area contributed by atoms with Crippen LogP contribution in [-0.4, -0.2) is 82.9 Å². The second-order valence-corrected chi connectivity index (χ2v) is 7.57. The fourth-order valence-corrected chi connectivity index (χ4v) is 3.65. The maximum absolute atomic E-state index is 12.7. The van der Waals surface area contributed by atoms with Gasteiger partial charge < -0.3 is 19.6 Å². The van der Waals surface area contributed by atoms with Crippen molar-refractivity contribution in [2.45, 2.75) is 44.8 Å². The number of aliphatic carboxylic acids is 1. The largest absolute Gasteiger partial charge is 0.490 e. The quantitative estimate of drug-likeness (QED) is 0.679. The monoisotopic (exact) mass is 448 g/mol. The number of ether oxygens (including phenoxy) is 1. The number of aromatic nitrogens is 2. The number of alkyl halides is 3. The molecule has 2 amide bonds. The van der Waals surface area contributed by atoms with Gasteiger partial charge in [0.25, 0.3) is 0 Å². The van der Waals surface area contributed by atoms with Crippen LogP contribution >= 0.6 is 0 Å². The number of aromatic amines is 1. The number of aryl methyl sites for hydroxylation is 1. The normalized spacial score (nSPS) is 18.3. The highest BCUT2D eigenvalue weighted by Gasteiger charge is 2.38. The Bertz CT molecular complexity index is 796. The number of carbonyl (C=O) groups is 3. The predicted molar refractivity (Wildman–Crippen MR) is 102 cm³/mol. The van der Waals surface area contributed by atoms with E-state index in [0.29, 0.717) is 32.7 Å². The zero-order valence-corrected chi connectivity index (χ0v) is 17.5. The average molecular weight is 448 g/mol. The summed E-state index contributed by atoms with van der Waals surface area (Å²) in [6.45, 7) is 2.05. The fraction of sp³-hybridized carbons (Fsp3) is 0.684. The molecule has 1 unspecified atom stereocenters. The number of H-pyrrole nitrogens is 1. The van der Waals surface area contributed by atoms with Gasteiger partial charge in [-0.3, -0.25) is 14.7 Å². The number of carbonyl (C=O) groups excluding carboxylic acids is 2. The molecule has 0 radical (unpaired) electrons. The van der Waals surface area contributed by atoms with Gasteiger partial charge in [0.05, 0.1) is 24.8 Å². The van der Waals surface area contributed by atoms with Crippen molar-refractivity contribution < 1.29 is 37.4 Å². The van der Waals surface area contributed by atoms with Crippen LogP contribution in [0, 0.1) is 5.92 Å². The molecule has 0 spiro atoms. The highest BCUT2D eigenvalue weighted by molar-refractivity contribution is 5.89. The Morgan fingerprint density at radius 3 is 2.58 bits per heavy atom. The van der Waals surface area contributed by atoms with Gasteiger partial charge in [-0.15, -0.1) is 0 Å². The van der Waals surface area contributed by atoms with Gasteiger partial charge in [-0.2, -0.15) is 18.3 Å². The molecule has 0 saturated carbocycles. The molecular formula is C19H27F3N4O5. The summed E-state index contributed by atoms with van der Waals surface area (Å²) in [5, 5.41) is 14.6. The number of likely N-dealkylation sites (tertiary alicyclic amines) is 1. The number of methoxy groups -OCH3 is 1. The Morgan fingerprint density at radius 1 is 1.32 bits per heavy atom. The molecule has 1 aromatic rings. The van der Waals surface area contributed by atoms with Crippen LogP contribution in [0.15, 0.2) is 0 Å². The van der Waals surface area contributed by atoms with Crippen molar-refractivity contribution in [2.75, 3.05) is 33.9 Å². The van der Waals surface area contributed by atoms with E-state index in [1.807, 2.05) is 0 Å². The minimum absolute atomic E-state index is 0.0239. The van der Waals surface area contributed by atoms with Crippen LogP contribution in [0.4, 0.5) is 13.2 Å². The highest BCUT2D eigenvalue weighted by atomic mass is 19.4. The molecule has 1 atom stereocenters. The Labute approximate surface area is 177 Å². The Hall–Kier alpha value is -2.63. The summed E-state index contributed by atoms with van der Waals surface area (Å²) >= 11 is 0. The number of nitrogens with zero attached hydrogens (tertiary/aromatic N) is 3. The number of carboxylic acid groups (broad SMARTS) is 1. The number of hydrogen-bond acceptors (Lipinski definition) is 5. The van der Waals surface area contributed by atoms with Gasteiger partial charge in [0.2, 0.25) is 11.8 Å². The number of halogens is 3. The lowest BCUT2D eigenvalue weighted by atomic mass is 9.96. The lowest BCUT2D eigenvalue weighted by Crippen LogP contribution is -2.35. The summed E-state index contributed by atoms with van der Waals surface area (Å²) in [5.41, 5.74) is 3.48. The molecule has 2 N–H and O–H groups in total. The zero-order chi connectivity index (χ0) is 23.2. The second kappa shape index (κ2) is 10.6. The summed E-state index contributed by atoms with van der Waals surface area (Å²) in [7, 11) is 3.41. The van der Waals surface area contributed by atoms with Crippen LogP contribution in [0.1, 0.15) is 36.2 Å². The van der Waals surface area contributed by atoms with Gasteiger partial charge in [-0.1, -0.05) is 0 Å². The van der Waals surface area contributed by atoms with Crippen molar-refractivity contribution in [1.82, 2.24) is 20.0 Å². The number of fused-ring (bicyclic) bond motifs is 1. The van der Waals surface area contributed by atoms with Crippen molar-refractivity contribution in [1.29, 1.82) is 0 Å². The molecule has 2 heterocycles. The first-order valence-electron chi connectivity index (χ1n) is 9.91. The topological polar surface area (TPSA) is 116 Å². The van der Waals surface area contributed by atoms with Gasteiger partial charge in [-0.25, -0.2) is 4.79 Å². The predicted octanol–water partition coefficient (Wildman–Crippen LogP) is 1.38. The molecule has 9 nitrogen and oxygen atoms in total. The Balaban J connectivity index is 0.000000423. The van der Waals surface area contributed by atoms with Gasteiger partial charge in [-0.05, 0) is 31.2 Å². The lowest BCUT2D eigenvalue weighted by molar-refractivity contribution is -0.192. The van der Waals surface area contributed by atoms with E-state index in [-0.39, 0.29) is 17.7 Å². The average Bonchev–Trinajstić information content (AvgIpc) is 3.29. The molecule has 1 aliphatic carbocycles. The summed E-state index contributed by atoms with van der Waals surface area (Å²) in [6.07, 6.45) is -0.319. The van der Waals surface area contributed by atoms with Crippen LogP contribution < -0.4 is 0 Å². The van der Waals surface area contributed by atoms with E-state index in [1.165, 1.54) is 24.1 Å². The Morgan fingerprint density at radius 2 is 1.97 bits per heavy atom. The van der Waals surface area contributed by atoms with E-state index >= 15 is 0 Å². The zero-order valence-electron chi connectivity index (χ0n) is 17.5. The molecule has 3 rings (SSSR count). The van der Waals surface area contributed by atoms with Crippen molar-refractivity contribution in [3.63, 3.8) is 0 Å². The third-order valence-corrected chi connectivity index (χ3v) is 5.28. The lowest BCUT2D eigenvalue weighted by Gasteiger charge is -2.21. The van der Waals surface area contributed by atoms with Gasteiger partial charge in [0.15, 0.2) is 0 Å². The minimum atomic E-state index is -5.08. The van der Waals surface area contributed by atoms with Crippen LogP contribution in [-0.2, 0) is 38.5 Å². The SMILES string of the molecule is COCCN1CC(C(=O)N(C)Cc2n[nH]c3c2CCCC3)CC1=O.O=C(O)C(F)(F)F. The molecule has 2 aliphatic rings. The van der Waals surface area contributed by atoms with Crippen molar-refractivity contribution in [3.05, 3.63) is 17.0 Å². The van der Waals surface area contributed by atoms with Crippen LogP contribution in [0.2, 0.25) is 0 Å². The molecule has 174 valence electrons. The molecule has 0 bridgehead atoms. The van der Waals surface area contributed by atoms with E-state index < -0.39 is 12.1 Å². The van der Waals surface area contributed by atoms with Gasteiger partial charge >= 0.3 is 12.1 Å². The number of rotatable bonds is 6. The molecular weight excluding hydrogens is 421 g/mol. The maximum atomic E-state index is 12.7. The number of hydrogen-bond donors (Lipinski definition) is 2. The van der Waals surface area contributed by atoms with Gasteiger partial charge in [0, 0.05) is 39.4 Å². The number of amides is 2. The fourth-order valence-electron chi connectivity index (χ4n) is 3.65. The van der Waals surface area contributed by atoms with Crippen LogP contribution in [0.5, 0.6) is 0 Å². The van der Waals surface area contributed by atoms with E-state index in [2.05, 4.69) is 10.2 Å². The molecule has 0 aromatic carbocycles. The summed E-state index contributed by atoms with van der Waals surface area (Å²) in [6, 6.07) is 0. The van der Waals surface area contributed by atoms with Crippen molar-refractivity contribution >= 4 is 17.8 Å². The molecule has 31 heavy (non-hydrogen) atoms. The van der Waals surface area contributed by atoms with Crippen LogP contribution in [0.25, 0.3) is 0 Å². The first kappa shape index (κ1) is 24.6. The van der Waals surface area contributed by atoms with Crippen molar-refractivity contribution in [2.24, 2.45) is 5.92 Å². The standard InChI is InChI=1S/C17H26N4O3.C2HF3O2/c1-20(11-15-13-5-3-4-6-14(13)18-19-15)17(23)12-9-16(22)21(10-12)7-8-24-2;3-2(4,5)1(6)7/h12H,3-11H2,1-2H3,(H,18,19);(H,6,7). The van der Waals surface area contributed by atoms with E-state index in [0.717, 1.165) is 18.5 Å². The third kappa shape index (κ3) is 6.68. The maximum Gasteiger partial charge on any atom is 0.490 e. The summed E-state index contributed by atoms with van der Waals surface area (Å²) in [5.74, 6) is -2.95. The van der Waals surface area contributed by atoms with E-state index in [4.69, 9.17) is 14.6 Å². The van der Waals surface area contributed by atoms with Gasteiger partial charge in [0.1, 0.15) is 0 Å². The van der Waals surface area contributed by atoms with Crippen molar-refractivity contribution in [3.8, 4) is 0 Å². The first-order chi connectivity index (χ1) is 14.5. The first-order valence-corrected chi connectivity index (χ1v) is 9.91. The smallest absolute Gasteiger partial charge is 0.475 e. The molecule has 1 fully saturated rings. The second-order valence-electron chi connectivity index (χ2n) is 7.57. The van der Waals surface area contributed by atoms with Crippen LogP contribution in [0.3, 0.4) is 0 Å². The minimum Gasteiger partial charge on any atom is -0.475 e. The van der Waals surface area contributed by atoms with E-state index in [1.54, 1.807) is 24.0 Å². The number of carboxylic acids is 1. The summed E-state index contributed by atoms with van der Waals surface area (Å²) in [4.78, 5) is 37.0. The molecule has 1 aromatic heterocycles. The number of nitrogens with one attached hydrogen (secondary N) is 1. The Kier molecular flexibility index (Phi) is 8.43.